The van der Waals surface area contributed by atoms with Crippen molar-refractivity contribution < 1.29 is 9.53 Å². The largest absolute Gasteiger partial charge is 0.376 e. The number of carbonyl (C=O) groups is 1. The van der Waals surface area contributed by atoms with Crippen molar-refractivity contribution in [3.63, 3.8) is 0 Å². The van der Waals surface area contributed by atoms with Gasteiger partial charge in [0.1, 0.15) is 0 Å². The van der Waals surface area contributed by atoms with Gasteiger partial charge in [-0.1, -0.05) is 11.6 Å². The molecule has 2 rings (SSSR count). The van der Waals surface area contributed by atoms with Gasteiger partial charge in [0.25, 0.3) is 5.91 Å². The second-order valence-corrected chi connectivity index (χ2v) is 4.56. The van der Waals surface area contributed by atoms with E-state index in [-0.39, 0.29) is 12.0 Å². The number of aryl methyl sites for hydroxylation is 1. The molecule has 2 heterocycles. The number of nitrogens with one attached hydrogen (secondary N) is 1. The van der Waals surface area contributed by atoms with Gasteiger partial charge in [0.2, 0.25) is 0 Å². The van der Waals surface area contributed by atoms with Gasteiger partial charge in [0, 0.05) is 25.0 Å². The van der Waals surface area contributed by atoms with E-state index in [9.17, 15) is 4.79 Å². The summed E-state index contributed by atoms with van der Waals surface area (Å²) in [5, 5.41) is 3.25. The zero-order chi connectivity index (χ0) is 12.3. The molecule has 0 aliphatic carbocycles. The van der Waals surface area contributed by atoms with Crippen LogP contribution in [0.3, 0.4) is 0 Å². The van der Waals surface area contributed by atoms with E-state index in [2.05, 4.69) is 10.3 Å². The summed E-state index contributed by atoms with van der Waals surface area (Å²) in [5.74, 6) is -0.196. The SMILES string of the molecule is Cc1cc(Cl)c(C(=O)NCC2CCCO2)cn1. The summed E-state index contributed by atoms with van der Waals surface area (Å²) in [4.78, 5) is 15.9. The van der Waals surface area contributed by atoms with Gasteiger partial charge in [-0.15, -0.1) is 0 Å². The summed E-state index contributed by atoms with van der Waals surface area (Å²) in [5.41, 5.74) is 1.21. The Kier molecular flexibility index (Phi) is 3.97. The molecule has 0 spiro atoms. The highest BCUT2D eigenvalue weighted by atomic mass is 35.5. The van der Waals surface area contributed by atoms with Crippen LogP contribution >= 0.6 is 11.6 Å². The van der Waals surface area contributed by atoms with Gasteiger partial charge in [-0.3, -0.25) is 9.78 Å². The Hall–Kier alpha value is -1.13. The standard InChI is InChI=1S/C12H15ClN2O2/c1-8-5-11(13)10(7-14-8)12(16)15-6-9-3-2-4-17-9/h5,7,9H,2-4,6H2,1H3,(H,15,16). The third kappa shape index (κ3) is 3.17. The minimum Gasteiger partial charge on any atom is -0.376 e. The van der Waals surface area contributed by atoms with Crippen molar-refractivity contribution in [1.29, 1.82) is 0 Å². The van der Waals surface area contributed by atoms with Gasteiger partial charge in [0.15, 0.2) is 0 Å². The third-order valence-electron chi connectivity index (χ3n) is 2.75. The zero-order valence-corrected chi connectivity index (χ0v) is 10.5. The summed E-state index contributed by atoms with van der Waals surface area (Å²) in [6, 6.07) is 1.68. The molecule has 1 aliphatic heterocycles. The molecule has 1 fully saturated rings. The molecule has 92 valence electrons. The quantitative estimate of drug-likeness (QED) is 0.897. The molecule has 1 N–H and O–H groups in total. The summed E-state index contributed by atoms with van der Waals surface area (Å²) in [6.45, 7) is 3.15. The summed E-state index contributed by atoms with van der Waals surface area (Å²) < 4.78 is 5.43. The van der Waals surface area contributed by atoms with E-state index in [0.717, 1.165) is 25.1 Å². The van der Waals surface area contributed by atoms with Crippen molar-refractivity contribution in [2.75, 3.05) is 13.2 Å². The molecule has 0 bridgehead atoms. The van der Waals surface area contributed by atoms with Crippen LogP contribution in [0.25, 0.3) is 0 Å². The normalized spacial score (nSPS) is 19.3. The number of aromatic nitrogens is 1. The van der Waals surface area contributed by atoms with E-state index in [0.29, 0.717) is 17.1 Å². The predicted molar refractivity (Wildman–Crippen MR) is 65.3 cm³/mol. The van der Waals surface area contributed by atoms with Gasteiger partial charge in [-0.25, -0.2) is 0 Å². The summed E-state index contributed by atoms with van der Waals surface area (Å²) in [7, 11) is 0. The molecule has 5 heteroatoms. The molecule has 1 saturated heterocycles. The predicted octanol–water partition coefficient (Wildman–Crippen LogP) is 1.95. The lowest BCUT2D eigenvalue weighted by Crippen LogP contribution is -2.32. The molecule has 17 heavy (non-hydrogen) atoms. The molecule has 1 aliphatic rings. The average molecular weight is 255 g/mol. The molecule has 0 saturated carbocycles. The molecule has 1 atom stereocenters. The highest BCUT2D eigenvalue weighted by Crippen LogP contribution is 2.16. The van der Waals surface area contributed by atoms with E-state index in [4.69, 9.17) is 16.3 Å². The van der Waals surface area contributed by atoms with Crippen molar-refractivity contribution in [3.8, 4) is 0 Å². The maximum atomic E-state index is 11.8. The van der Waals surface area contributed by atoms with Gasteiger partial charge < -0.3 is 10.1 Å². The van der Waals surface area contributed by atoms with Crippen molar-refractivity contribution in [2.24, 2.45) is 0 Å². The second kappa shape index (κ2) is 5.47. The maximum absolute atomic E-state index is 11.8. The smallest absolute Gasteiger partial charge is 0.254 e. The number of rotatable bonds is 3. The van der Waals surface area contributed by atoms with Crippen molar-refractivity contribution >= 4 is 17.5 Å². The first-order valence-corrected chi connectivity index (χ1v) is 6.06. The minimum atomic E-state index is -0.196. The van der Waals surface area contributed by atoms with Gasteiger partial charge in [0.05, 0.1) is 16.7 Å². The first kappa shape index (κ1) is 12.3. The Morgan fingerprint density at radius 3 is 3.18 bits per heavy atom. The van der Waals surface area contributed by atoms with Crippen LogP contribution in [-0.2, 0) is 4.74 Å². The highest BCUT2D eigenvalue weighted by molar-refractivity contribution is 6.33. The fourth-order valence-corrected chi connectivity index (χ4v) is 2.09. The van der Waals surface area contributed by atoms with E-state index in [1.165, 1.54) is 6.20 Å². The zero-order valence-electron chi connectivity index (χ0n) is 9.70. The molecule has 1 unspecified atom stereocenters. The molecule has 0 aromatic carbocycles. The van der Waals surface area contributed by atoms with Crippen molar-refractivity contribution in [2.45, 2.75) is 25.9 Å². The number of halogens is 1. The molecular weight excluding hydrogens is 240 g/mol. The number of pyridine rings is 1. The molecular formula is C12H15ClN2O2. The van der Waals surface area contributed by atoms with Gasteiger partial charge in [-0.05, 0) is 25.8 Å². The Balaban J connectivity index is 1.94. The van der Waals surface area contributed by atoms with Gasteiger partial charge in [-0.2, -0.15) is 0 Å². The molecule has 1 aromatic rings. The fourth-order valence-electron chi connectivity index (χ4n) is 1.80. The van der Waals surface area contributed by atoms with E-state index in [1.807, 2.05) is 6.92 Å². The number of nitrogens with zero attached hydrogens (tertiary/aromatic N) is 1. The molecule has 1 amide bonds. The molecule has 1 aromatic heterocycles. The Morgan fingerprint density at radius 1 is 1.71 bits per heavy atom. The van der Waals surface area contributed by atoms with Crippen molar-refractivity contribution in [3.05, 3.63) is 28.5 Å². The minimum absolute atomic E-state index is 0.135. The topological polar surface area (TPSA) is 51.2 Å². The first-order chi connectivity index (χ1) is 8.16. The van der Waals surface area contributed by atoms with E-state index >= 15 is 0 Å². The first-order valence-electron chi connectivity index (χ1n) is 5.69. The highest BCUT2D eigenvalue weighted by Gasteiger charge is 2.17. The monoisotopic (exact) mass is 254 g/mol. The average Bonchev–Trinajstić information content (AvgIpc) is 2.78. The summed E-state index contributed by atoms with van der Waals surface area (Å²) >= 11 is 5.99. The lowest BCUT2D eigenvalue weighted by molar-refractivity contribution is 0.0857. The van der Waals surface area contributed by atoms with E-state index in [1.54, 1.807) is 6.07 Å². The lowest BCUT2D eigenvalue weighted by atomic mass is 10.2. The second-order valence-electron chi connectivity index (χ2n) is 4.15. The van der Waals surface area contributed by atoms with Crippen LogP contribution in [0.2, 0.25) is 5.02 Å². The number of carbonyl (C=O) groups excluding carboxylic acids is 1. The van der Waals surface area contributed by atoms with Gasteiger partial charge >= 0.3 is 0 Å². The summed E-state index contributed by atoms with van der Waals surface area (Å²) in [6.07, 6.45) is 3.70. The fraction of sp³-hybridized carbons (Fsp3) is 0.500. The Morgan fingerprint density at radius 2 is 2.53 bits per heavy atom. The number of hydrogen-bond acceptors (Lipinski definition) is 3. The van der Waals surface area contributed by atoms with Crippen LogP contribution < -0.4 is 5.32 Å². The van der Waals surface area contributed by atoms with Crippen LogP contribution in [0.5, 0.6) is 0 Å². The Bertz CT molecular complexity index is 417. The van der Waals surface area contributed by atoms with Crippen LogP contribution in [0, 0.1) is 6.92 Å². The number of ether oxygens (including phenoxy) is 1. The molecule has 4 nitrogen and oxygen atoms in total. The third-order valence-corrected chi connectivity index (χ3v) is 3.06. The maximum Gasteiger partial charge on any atom is 0.254 e. The van der Waals surface area contributed by atoms with Crippen LogP contribution in [-0.4, -0.2) is 30.1 Å². The number of hydrogen-bond donors (Lipinski definition) is 1. The lowest BCUT2D eigenvalue weighted by Gasteiger charge is -2.11. The molecule has 0 radical (unpaired) electrons. The van der Waals surface area contributed by atoms with Crippen LogP contribution in [0.15, 0.2) is 12.3 Å². The van der Waals surface area contributed by atoms with Crippen molar-refractivity contribution in [1.82, 2.24) is 10.3 Å². The Labute approximate surface area is 105 Å². The van der Waals surface area contributed by atoms with E-state index < -0.39 is 0 Å². The van der Waals surface area contributed by atoms with Crippen LogP contribution in [0.1, 0.15) is 28.9 Å². The number of amides is 1. The van der Waals surface area contributed by atoms with Crippen LogP contribution in [0.4, 0.5) is 0 Å².